The van der Waals surface area contributed by atoms with Crippen LogP contribution in [0.15, 0.2) is 243 Å². The number of nitrogens with zero attached hydrogens (tertiary/aromatic N) is 2. The van der Waals surface area contributed by atoms with Gasteiger partial charge in [0.15, 0.2) is 0 Å². The summed E-state index contributed by atoms with van der Waals surface area (Å²) in [5, 5.41) is 6.89. The summed E-state index contributed by atoms with van der Waals surface area (Å²) < 4.78 is 28.7. The van der Waals surface area contributed by atoms with Crippen LogP contribution in [-0.4, -0.2) is 0 Å². The maximum Gasteiger partial charge on any atom is 0.123 e. The molecule has 0 saturated heterocycles. The lowest BCUT2D eigenvalue weighted by molar-refractivity contribution is 0.627. The first kappa shape index (κ1) is 42.5. The quantitative estimate of drug-likeness (QED) is 0.126. The molecule has 12 aromatic rings. The Kier molecular flexibility index (Phi) is 10.7. The standard InChI is InChI=1S/C66H46F2N2/c1-43-13-29-57(30-14-43)69(59-39-51(45-9-5-3-6-10-45)37-53(41-59)47-17-25-55(67)26-18-47)63-35-23-49-22-34-62-64(36-24-50-21-33-61(63)65(49)66(50)62)70(58-31-15-44(2)16-32-58)60-40-52(46-11-7-4-8-12-46)38-54(42-60)48-19-27-56(68)28-20-48/h3-42H,1-2H3. The normalized spacial score (nSPS) is 11.4. The number of hydrogen-bond donors (Lipinski definition) is 0. The number of hydrogen-bond acceptors (Lipinski definition) is 2. The second kappa shape index (κ2) is 17.7. The molecule has 0 fully saturated rings. The van der Waals surface area contributed by atoms with Gasteiger partial charge in [-0.1, -0.05) is 157 Å². The van der Waals surface area contributed by atoms with Gasteiger partial charge in [0.2, 0.25) is 0 Å². The Balaban J connectivity index is 1.10. The van der Waals surface area contributed by atoms with Crippen molar-refractivity contribution in [3.8, 4) is 44.5 Å². The van der Waals surface area contributed by atoms with Gasteiger partial charge in [-0.05, 0) is 177 Å². The zero-order valence-electron chi connectivity index (χ0n) is 38.7. The minimum Gasteiger partial charge on any atom is -0.310 e. The largest absolute Gasteiger partial charge is 0.310 e. The van der Waals surface area contributed by atoms with Crippen LogP contribution < -0.4 is 9.80 Å². The average molecular weight is 905 g/mol. The Morgan fingerprint density at radius 3 is 0.957 bits per heavy atom. The molecule has 70 heavy (non-hydrogen) atoms. The van der Waals surface area contributed by atoms with Crippen molar-refractivity contribution in [1.29, 1.82) is 0 Å². The van der Waals surface area contributed by atoms with E-state index in [2.05, 4.69) is 206 Å². The fourth-order valence-corrected chi connectivity index (χ4v) is 10.1. The van der Waals surface area contributed by atoms with E-state index in [4.69, 9.17) is 0 Å². The molecule has 0 atom stereocenters. The molecule has 4 heteroatoms. The summed E-state index contributed by atoms with van der Waals surface area (Å²) in [5.74, 6) is -0.530. The summed E-state index contributed by atoms with van der Waals surface area (Å²) in [4.78, 5) is 4.74. The van der Waals surface area contributed by atoms with Gasteiger partial charge in [0.25, 0.3) is 0 Å². The first-order chi connectivity index (χ1) is 34.3. The third-order valence-corrected chi connectivity index (χ3v) is 13.6. The molecule has 12 aromatic carbocycles. The molecule has 0 N–H and O–H groups in total. The SMILES string of the molecule is Cc1ccc(N(c2cc(-c3ccccc3)cc(-c3ccc(F)cc3)c2)c2ccc3ccc4c(N(c5ccc(C)cc5)c5cc(-c6ccccc6)cc(-c6ccc(F)cc6)c5)ccc5ccc2c3c54)cc1. The fourth-order valence-electron chi connectivity index (χ4n) is 10.1. The molecule has 0 heterocycles. The predicted molar refractivity (Wildman–Crippen MR) is 291 cm³/mol. The molecular formula is C66H46F2N2. The van der Waals surface area contributed by atoms with E-state index >= 15 is 0 Å². The maximum absolute atomic E-state index is 14.4. The highest BCUT2D eigenvalue weighted by atomic mass is 19.1. The van der Waals surface area contributed by atoms with Crippen LogP contribution in [0.4, 0.5) is 42.9 Å². The highest BCUT2D eigenvalue weighted by molar-refractivity contribution is 6.28. The summed E-state index contributed by atoms with van der Waals surface area (Å²) in [7, 11) is 0. The summed E-state index contributed by atoms with van der Waals surface area (Å²) in [6.45, 7) is 4.23. The molecule has 0 saturated carbocycles. The molecule has 0 aliphatic carbocycles. The molecule has 0 aliphatic heterocycles. The zero-order chi connectivity index (χ0) is 47.3. The summed E-state index contributed by atoms with van der Waals surface area (Å²) in [6, 6.07) is 83.3. The Morgan fingerprint density at radius 1 is 0.271 bits per heavy atom. The Hall–Kier alpha value is -8.86. The zero-order valence-corrected chi connectivity index (χ0v) is 38.7. The third kappa shape index (κ3) is 7.89. The smallest absolute Gasteiger partial charge is 0.123 e. The molecule has 0 amide bonds. The molecule has 2 nitrogen and oxygen atoms in total. The minimum atomic E-state index is -0.265. The maximum atomic E-state index is 14.4. The second-order valence-electron chi connectivity index (χ2n) is 18.2. The Bertz CT molecular complexity index is 3580. The van der Waals surface area contributed by atoms with E-state index < -0.39 is 0 Å². The molecule has 0 unspecified atom stereocenters. The molecular weight excluding hydrogens is 859 g/mol. The number of rotatable bonds is 10. The molecule has 0 bridgehead atoms. The van der Waals surface area contributed by atoms with Gasteiger partial charge in [-0.15, -0.1) is 0 Å². The fraction of sp³-hybridized carbons (Fsp3) is 0.0303. The lowest BCUT2D eigenvalue weighted by Gasteiger charge is -2.30. The average Bonchev–Trinajstić information content (AvgIpc) is 3.40. The Morgan fingerprint density at radius 2 is 0.600 bits per heavy atom. The van der Waals surface area contributed by atoms with Crippen molar-refractivity contribution in [3.63, 3.8) is 0 Å². The van der Waals surface area contributed by atoms with Crippen LogP contribution in [0.2, 0.25) is 0 Å². The molecule has 334 valence electrons. The lowest BCUT2D eigenvalue weighted by atomic mass is 9.91. The molecule has 0 aromatic heterocycles. The van der Waals surface area contributed by atoms with Crippen molar-refractivity contribution < 1.29 is 8.78 Å². The highest BCUT2D eigenvalue weighted by Crippen LogP contribution is 2.49. The molecule has 12 rings (SSSR count). The number of benzene rings is 12. The van der Waals surface area contributed by atoms with Gasteiger partial charge < -0.3 is 9.80 Å². The number of aryl methyl sites for hydroxylation is 2. The van der Waals surface area contributed by atoms with E-state index in [-0.39, 0.29) is 11.6 Å². The van der Waals surface area contributed by atoms with Crippen molar-refractivity contribution in [2.45, 2.75) is 13.8 Å². The second-order valence-corrected chi connectivity index (χ2v) is 18.2. The van der Waals surface area contributed by atoms with Gasteiger partial charge in [-0.25, -0.2) is 8.78 Å². The van der Waals surface area contributed by atoms with Gasteiger partial charge in [0, 0.05) is 33.5 Å². The molecule has 0 radical (unpaired) electrons. The number of anilines is 6. The van der Waals surface area contributed by atoms with Gasteiger partial charge in [-0.2, -0.15) is 0 Å². The summed E-state index contributed by atoms with van der Waals surface area (Å²) in [6.07, 6.45) is 0. The van der Waals surface area contributed by atoms with Gasteiger partial charge in [-0.3, -0.25) is 0 Å². The van der Waals surface area contributed by atoms with Crippen molar-refractivity contribution in [1.82, 2.24) is 0 Å². The van der Waals surface area contributed by atoms with E-state index in [1.165, 1.54) is 46.2 Å². The lowest BCUT2D eigenvalue weighted by Crippen LogP contribution is -2.12. The van der Waals surface area contributed by atoms with E-state index in [1.54, 1.807) is 0 Å². The van der Waals surface area contributed by atoms with Gasteiger partial charge in [0.1, 0.15) is 11.6 Å². The number of halogens is 2. The van der Waals surface area contributed by atoms with Gasteiger partial charge >= 0.3 is 0 Å². The molecule has 0 aliphatic rings. The van der Waals surface area contributed by atoms with Gasteiger partial charge in [0.05, 0.1) is 11.4 Å². The van der Waals surface area contributed by atoms with E-state index in [9.17, 15) is 8.78 Å². The van der Waals surface area contributed by atoms with Crippen LogP contribution in [0.1, 0.15) is 11.1 Å². The van der Waals surface area contributed by atoms with E-state index in [0.29, 0.717) is 0 Å². The van der Waals surface area contributed by atoms with E-state index in [1.807, 2.05) is 36.4 Å². The van der Waals surface area contributed by atoms with Crippen LogP contribution in [0.5, 0.6) is 0 Å². The third-order valence-electron chi connectivity index (χ3n) is 13.6. The van der Waals surface area contributed by atoms with Crippen LogP contribution in [0, 0.1) is 25.5 Å². The van der Waals surface area contributed by atoms with Crippen molar-refractivity contribution in [2.75, 3.05) is 9.80 Å². The Labute approximate surface area is 406 Å². The van der Waals surface area contributed by atoms with Crippen LogP contribution in [-0.2, 0) is 0 Å². The first-order valence-corrected chi connectivity index (χ1v) is 23.7. The van der Waals surface area contributed by atoms with Crippen molar-refractivity contribution >= 4 is 66.4 Å². The first-order valence-electron chi connectivity index (χ1n) is 23.7. The van der Waals surface area contributed by atoms with Crippen molar-refractivity contribution in [3.05, 3.63) is 265 Å². The summed E-state index contributed by atoms with van der Waals surface area (Å²) in [5.41, 5.74) is 16.6. The van der Waals surface area contributed by atoms with Crippen molar-refractivity contribution in [2.24, 2.45) is 0 Å². The summed E-state index contributed by atoms with van der Waals surface area (Å²) >= 11 is 0. The minimum absolute atomic E-state index is 0.265. The monoisotopic (exact) mass is 904 g/mol. The van der Waals surface area contributed by atoms with E-state index in [0.717, 1.165) is 100 Å². The van der Waals surface area contributed by atoms with Crippen LogP contribution >= 0.6 is 0 Å². The van der Waals surface area contributed by atoms with Crippen LogP contribution in [0.25, 0.3) is 76.8 Å². The predicted octanol–water partition coefficient (Wildman–Crippen LogP) is 19.1. The highest BCUT2D eigenvalue weighted by Gasteiger charge is 2.24. The topological polar surface area (TPSA) is 6.48 Å². The van der Waals surface area contributed by atoms with Crippen LogP contribution in [0.3, 0.4) is 0 Å². The molecule has 0 spiro atoms.